The predicted molar refractivity (Wildman–Crippen MR) is 269 cm³/mol. The van der Waals surface area contributed by atoms with Crippen LogP contribution in [0.5, 0.6) is 0 Å². The van der Waals surface area contributed by atoms with Crippen LogP contribution in [0.1, 0.15) is 120 Å². The zero-order valence-electron chi connectivity index (χ0n) is 42.0. The minimum absolute atomic E-state index is 0.0272. The summed E-state index contributed by atoms with van der Waals surface area (Å²) in [4.78, 5) is 81.6. The first-order valence-electron chi connectivity index (χ1n) is 26.5. The Hall–Kier alpha value is -5.89. The molecule has 2 aliphatic carbocycles. The van der Waals surface area contributed by atoms with Crippen molar-refractivity contribution < 1.29 is 38.2 Å². The molecule has 2 saturated carbocycles. The van der Waals surface area contributed by atoms with E-state index in [-0.39, 0.29) is 48.6 Å². The topological polar surface area (TPSA) is 219 Å². The van der Waals surface area contributed by atoms with Crippen molar-refractivity contribution in [3.63, 3.8) is 0 Å². The van der Waals surface area contributed by atoms with E-state index in [9.17, 15) is 29.1 Å². The monoisotopic (exact) mass is 997 g/mol. The Morgan fingerprint density at radius 3 is 2.14 bits per heavy atom. The smallest absolute Gasteiger partial charge is 0.343 e. The Kier molecular flexibility index (Phi) is 16.2. The average molecular weight is 997 g/mol. The predicted octanol–water partition coefficient (Wildman–Crippen LogP) is 5.21. The summed E-state index contributed by atoms with van der Waals surface area (Å²) in [6, 6.07) is 4.83. The minimum atomic E-state index is -0.805. The van der Waals surface area contributed by atoms with Crippen molar-refractivity contribution in [2.45, 2.75) is 133 Å². The van der Waals surface area contributed by atoms with Crippen LogP contribution in [0.15, 0.2) is 36.8 Å². The van der Waals surface area contributed by atoms with Gasteiger partial charge in [-0.25, -0.2) is 14.2 Å². The number of carbonyl (C=O) groups excluding carboxylic acids is 5. The van der Waals surface area contributed by atoms with E-state index in [1.807, 2.05) is 23.0 Å². The number of esters is 1. The van der Waals surface area contributed by atoms with Gasteiger partial charge in [0.05, 0.1) is 29.8 Å². The number of ether oxygens (including phenoxy) is 1. The lowest BCUT2D eigenvalue weighted by molar-refractivity contribution is -0.143. The number of likely N-dealkylation sites (tertiary alicyclic amines) is 1. The molecular formula is C52H73FN12O7. The summed E-state index contributed by atoms with van der Waals surface area (Å²) in [6.07, 6.45) is 17.0. The molecule has 19 nitrogen and oxygen atoms in total. The highest BCUT2D eigenvalue weighted by atomic mass is 19.1. The molecule has 0 radical (unpaired) electrons. The quantitative estimate of drug-likeness (QED) is 0.0975. The first-order valence-corrected chi connectivity index (χ1v) is 26.5. The number of piperazine rings is 1. The first-order chi connectivity index (χ1) is 34.8. The molecule has 0 bridgehead atoms. The Balaban J connectivity index is 0.649. The molecule has 3 aromatic rings. The maximum Gasteiger partial charge on any atom is 0.343 e. The van der Waals surface area contributed by atoms with Crippen LogP contribution in [0.25, 0.3) is 0 Å². The fourth-order valence-corrected chi connectivity index (χ4v) is 11.9. The number of carbonyl (C=O) groups is 5. The Morgan fingerprint density at radius 2 is 1.51 bits per heavy atom. The van der Waals surface area contributed by atoms with E-state index in [2.05, 4.69) is 46.1 Å². The number of aromatic nitrogens is 4. The Morgan fingerprint density at radius 1 is 0.833 bits per heavy atom. The zero-order valence-corrected chi connectivity index (χ0v) is 42.0. The van der Waals surface area contributed by atoms with Gasteiger partial charge in [0.1, 0.15) is 23.2 Å². The lowest BCUT2D eigenvalue weighted by Crippen LogP contribution is -2.54. The number of nitrogens with one attached hydrogen (secondary N) is 4. The molecule has 20 heteroatoms. The maximum absolute atomic E-state index is 15.3. The molecular weight excluding hydrogens is 924 g/mol. The van der Waals surface area contributed by atoms with Crippen LogP contribution in [0.4, 0.5) is 33.2 Å². The van der Waals surface area contributed by atoms with Gasteiger partial charge in [-0.05, 0) is 127 Å². The summed E-state index contributed by atoms with van der Waals surface area (Å²) >= 11 is 0. The van der Waals surface area contributed by atoms with Crippen molar-refractivity contribution in [1.29, 1.82) is 0 Å². The van der Waals surface area contributed by atoms with Gasteiger partial charge in [-0.15, -0.1) is 0 Å². The third-order valence-corrected chi connectivity index (χ3v) is 16.4. The third-order valence-electron chi connectivity index (χ3n) is 16.4. The summed E-state index contributed by atoms with van der Waals surface area (Å²) in [5.74, 6) is 0.113. The summed E-state index contributed by atoms with van der Waals surface area (Å²) in [6.45, 7) is 7.72. The second-order valence-electron chi connectivity index (χ2n) is 21.1. The second kappa shape index (κ2) is 22.9. The van der Waals surface area contributed by atoms with E-state index < -0.39 is 29.3 Å². The van der Waals surface area contributed by atoms with Gasteiger partial charge in [-0.3, -0.25) is 34.1 Å². The molecule has 6 heterocycles. The lowest BCUT2D eigenvalue weighted by Gasteiger charge is -2.43. The van der Waals surface area contributed by atoms with Crippen molar-refractivity contribution >= 4 is 58.4 Å². The van der Waals surface area contributed by atoms with E-state index in [1.54, 1.807) is 29.9 Å². The van der Waals surface area contributed by atoms with Gasteiger partial charge in [0.2, 0.25) is 29.6 Å². The maximum atomic E-state index is 15.3. The molecule has 4 saturated heterocycles. The van der Waals surface area contributed by atoms with Crippen LogP contribution < -0.4 is 26.2 Å². The highest BCUT2D eigenvalue weighted by Crippen LogP contribution is 2.37. The number of benzene rings is 1. The zero-order chi connectivity index (χ0) is 50.4. The Bertz CT molecular complexity index is 2400. The van der Waals surface area contributed by atoms with E-state index >= 15 is 4.39 Å². The fraction of sp³-hybridized carbons (Fsp3) is 0.654. The molecule has 390 valence electrons. The largest absolute Gasteiger partial charge is 0.462 e. The van der Waals surface area contributed by atoms with E-state index in [0.29, 0.717) is 79.4 Å². The molecule has 1 aromatic carbocycles. The van der Waals surface area contributed by atoms with Gasteiger partial charge in [-0.1, -0.05) is 0 Å². The van der Waals surface area contributed by atoms with Crippen molar-refractivity contribution in [2.75, 3.05) is 79.8 Å². The first kappa shape index (κ1) is 51.0. The van der Waals surface area contributed by atoms with Crippen LogP contribution in [0, 0.1) is 23.6 Å². The van der Waals surface area contributed by atoms with Crippen LogP contribution in [-0.2, 0) is 31.0 Å². The molecule has 6 fully saturated rings. The van der Waals surface area contributed by atoms with Gasteiger partial charge in [0.15, 0.2) is 0 Å². The molecule has 9 rings (SSSR count). The van der Waals surface area contributed by atoms with Crippen molar-refractivity contribution in [2.24, 2.45) is 24.8 Å². The SMILES string of the molecule is CCOC(=O)c1cnc(Nc2cnn(C)c2)nc1NC1CCC(N2CCN(C(=O)C3CCC(C(=O)N4CCC(CCC5(O)CCN(c6ccc(NC7CCC(=O)NC7=O)cc6F)CC5)CC4)CC3)CC2)CC1. The number of hydrogen-bond donors (Lipinski definition) is 5. The van der Waals surface area contributed by atoms with Crippen LogP contribution in [0.2, 0.25) is 0 Å². The molecule has 2 aromatic heterocycles. The summed E-state index contributed by atoms with van der Waals surface area (Å²) in [7, 11) is 1.83. The van der Waals surface area contributed by atoms with Crippen molar-refractivity contribution in [3.8, 4) is 0 Å². The van der Waals surface area contributed by atoms with Crippen molar-refractivity contribution in [3.05, 3.63) is 48.2 Å². The molecule has 5 N–H and O–H groups in total. The number of aliphatic hydroxyl groups is 1. The van der Waals surface area contributed by atoms with Gasteiger partial charge in [-0.2, -0.15) is 10.1 Å². The number of nitrogens with zero attached hydrogens (tertiary/aromatic N) is 8. The van der Waals surface area contributed by atoms with E-state index in [1.165, 1.54) is 12.3 Å². The van der Waals surface area contributed by atoms with Gasteiger partial charge in [0, 0.05) is 108 Å². The number of rotatable bonds is 15. The molecule has 6 aliphatic rings. The number of aryl methyl sites for hydroxylation is 1. The number of piperidine rings is 3. The van der Waals surface area contributed by atoms with Crippen molar-refractivity contribution in [1.82, 2.24) is 39.8 Å². The number of amides is 4. The molecule has 1 unspecified atom stereocenters. The van der Waals surface area contributed by atoms with Crippen LogP contribution in [-0.4, -0.2) is 152 Å². The molecule has 4 aliphatic heterocycles. The number of hydrogen-bond acceptors (Lipinski definition) is 15. The number of anilines is 5. The number of halogens is 1. The normalized spacial score (nSPS) is 25.4. The molecule has 0 spiro atoms. The third kappa shape index (κ3) is 12.5. The molecule has 4 amide bonds. The molecule has 72 heavy (non-hydrogen) atoms. The van der Waals surface area contributed by atoms with Crippen LogP contribution in [0.3, 0.4) is 0 Å². The minimum Gasteiger partial charge on any atom is -0.462 e. The average Bonchev–Trinajstić information content (AvgIpc) is 3.81. The van der Waals surface area contributed by atoms with Gasteiger partial charge in [0.25, 0.3) is 0 Å². The highest BCUT2D eigenvalue weighted by molar-refractivity contribution is 6.01. The van der Waals surface area contributed by atoms with Gasteiger partial charge < -0.3 is 40.5 Å². The summed E-state index contributed by atoms with van der Waals surface area (Å²) in [5.41, 5.74) is 1.20. The number of imide groups is 1. The summed E-state index contributed by atoms with van der Waals surface area (Å²) < 4.78 is 22.3. The van der Waals surface area contributed by atoms with E-state index in [0.717, 1.165) is 116 Å². The molecule has 1 atom stereocenters. The standard InChI is InChI=1S/C52H73FN12O7/c1-3-72-50(70)41-32-54-51(58-39-31-55-61(2)33-39)60-46(41)57-37-8-11-40(12-9-37)62-26-28-65(29-27-62)49(69)36-6-4-35(5-7-36)48(68)64-22-17-34(18-23-64)16-19-52(71)20-24-63(25-21-52)44-14-10-38(30-42(44)53)56-43-13-15-45(66)59-47(43)67/h10,14,30-37,40,43,56,71H,3-9,11-13,15-29H2,1-2H3,(H,59,66,67)(H2,54,57,58,60). The van der Waals surface area contributed by atoms with Crippen LogP contribution >= 0.6 is 0 Å². The fourth-order valence-electron chi connectivity index (χ4n) is 11.9. The highest BCUT2D eigenvalue weighted by Gasteiger charge is 2.39. The lowest BCUT2D eigenvalue weighted by atomic mass is 9.79. The van der Waals surface area contributed by atoms with Gasteiger partial charge >= 0.3 is 5.97 Å². The summed E-state index contributed by atoms with van der Waals surface area (Å²) in [5, 5.41) is 27.8. The second-order valence-corrected chi connectivity index (χ2v) is 21.1. The van der Waals surface area contributed by atoms with E-state index in [4.69, 9.17) is 4.74 Å². The Labute approximate surface area is 421 Å².